The van der Waals surface area contributed by atoms with E-state index < -0.39 is 5.82 Å². The van der Waals surface area contributed by atoms with E-state index >= 15 is 4.39 Å². The molecule has 0 saturated carbocycles. The lowest BCUT2D eigenvalue weighted by atomic mass is 9.96. The molecule has 0 saturated heterocycles. The second kappa shape index (κ2) is 8.48. The van der Waals surface area contributed by atoms with Crippen molar-refractivity contribution in [3.05, 3.63) is 62.1 Å². The van der Waals surface area contributed by atoms with Gasteiger partial charge in [-0.2, -0.15) is 0 Å². The van der Waals surface area contributed by atoms with Crippen LogP contribution in [0.5, 0.6) is 0 Å². The molecule has 0 radical (unpaired) electrons. The topological polar surface area (TPSA) is 75.2 Å². The number of rotatable bonds is 7. The zero-order valence-electron chi connectivity index (χ0n) is 14.5. The molecule has 0 fully saturated rings. The third kappa shape index (κ3) is 4.38. The molecule has 0 amide bonds. The molecule has 0 unspecified atom stereocenters. The van der Waals surface area contributed by atoms with Gasteiger partial charge in [0.2, 0.25) is 0 Å². The summed E-state index contributed by atoms with van der Waals surface area (Å²) in [5, 5.41) is 9.28. The number of Topliss-reactive ketones (excluding diaryl/α,β-unsaturated/α-hetero) is 1. The Kier molecular flexibility index (Phi) is 6.26. The zero-order chi connectivity index (χ0) is 19.6. The average molecular weight is 456 g/mol. The molecule has 142 valence electrons. The van der Waals surface area contributed by atoms with Crippen LogP contribution in [0.4, 0.5) is 4.39 Å². The summed E-state index contributed by atoms with van der Waals surface area (Å²) >= 11 is 9.62. The number of aliphatic hydroxyl groups is 1. The van der Waals surface area contributed by atoms with Gasteiger partial charge in [-0.05, 0) is 30.7 Å². The number of hydrogen-bond donors (Lipinski definition) is 2. The highest BCUT2D eigenvalue weighted by Crippen LogP contribution is 2.29. The summed E-state index contributed by atoms with van der Waals surface area (Å²) in [5.74, 6) is -0.376. The van der Waals surface area contributed by atoms with Gasteiger partial charge in [-0.1, -0.05) is 33.6 Å². The zero-order valence-corrected chi connectivity index (χ0v) is 16.8. The van der Waals surface area contributed by atoms with Gasteiger partial charge < -0.3 is 14.8 Å². The van der Waals surface area contributed by atoms with Gasteiger partial charge in [-0.25, -0.2) is 9.37 Å². The van der Waals surface area contributed by atoms with Gasteiger partial charge in [0.05, 0.1) is 18.7 Å². The second-order valence-electron chi connectivity index (χ2n) is 6.05. The Hall–Kier alpha value is -1.80. The normalized spacial score (nSPS) is 11.3. The molecule has 1 aromatic heterocycles. The summed E-state index contributed by atoms with van der Waals surface area (Å²) in [5.41, 5.74) is 1.75. The first-order valence-corrected chi connectivity index (χ1v) is 9.41. The molecule has 0 aliphatic rings. The summed E-state index contributed by atoms with van der Waals surface area (Å²) in [4.78, 5) is 19.8. The first-order valence-electron chi connectivity index (χ1n) is 8.24. The summed E-state index contributed by atoms with van der Waals surface area (Å²) in [6.45, 7) is 1.31. The largest absolute Gasteiger partial charge is 0.394 e. The van der Waals surface area contributed by atoms with Gasteiger partial charge in [0.15, 0.2) is 11.6 Å². The number of H-pyrrole nitrogens is 1. The Morgan fingerprint density at radius 3 is 2.89 bits per heavy atom. The van der Waals surface area contributed by atoms with Crippen LogP contribution in [-0.2, 0) is 11.2 Å². The Morgan fingerprint density at radius 2 is 2.19 bits per heavy atom. The van der Waals surface area contributed by atoms with Crippen molar-refractivity contribution in [2.75, 3.05) is 19.8 Å². The van der Waals surface area contributed by atoms with Gasteiger partial charge in [0.25, 0.3) is 0 Å². The number of hydrogen-bond acceptors (Lipinski definition) is 4. The van der Waals surface area contributed by atoms with Crippen LogP contribution in [0.2, 0.25) is 5.02 Å². The van der Waals surface area contributed by atoms with Crippen molar-refractivity contribution in [1.82, 2.24) is 9.97 Å². The first kappa shape index (κ1) is 19.9. The minimum absolute atomic E-state index is 0.0352. The lowest BCUT2D eigenvalue weighted by Crippen LogP contribution is -2.15. The van der Waals surface area contributed by atoms with Crippen LogP contribution < -0.4 is 0 Å². The molecule has 3 rings (SSSR count). The van der Waals surface area contributed by atoms with Crippen molar-refractivity contribution < 1.29 is 19.0 Å². The van der Waals surface area contributed by atoms with Crippen LogP contribution in [0.25, 0.3) is 11.0 Å². The maximum Gasteiger partial charge on any atom is 0.188 e. The molecule has 2 aromatic carbocycles. The number of aromatic amines is 1. The highest BCUT2D eigenvalue weighted by Gasteiger charge is 2.22. The molecule has 0 spiro atoms. The highest BCUT2D eigenvalue weighted by molar-refractivity contribution is 9.10. The molecule has 8 heteroatoms. The number of ketones is 1. The third-order valence-electron chi connectivity index (χ3n) is 4.09. The summed E-state index contributed by atoms with van der Waals surface area (Å²) in [6.07, 6.45) is 0.140. The number of aliphatic hydroxyl groups excluding tert-OH is 1. The molecule has 0 atom stereocenters. The number of aromatic nitrogens is 2. The summed E-state index contributed by atoms with van der Waals surface area (Å²) < 4.78 is 21.2. The molecule has 27 heavy (non-hydrogen) atoms. The van der Waals surface area contributed by atoms with Crippen molar-refractivity contribution in [3.63, 3.8) is 0 Å². The Bertz CT molecular complexity index is 1010. The number of halogens is 3. The van der Waals surface area contributed by atoms with Crippen LogP contribution >= 0.6 is 27.5 Å². The van der Waals surface area contributed by atoms with E-state index in [4.69, 9.17) is 21.4 Å². The van der Waals surface area contributed by atoms with E-state index in [0.29, 0.717) is 21.9 Å². The van der Waals surface area contributed by atoms with Crippen LogP contribution in [-0.4, -0.2) is 40.7 Å². The van der Waals surface area contributed by atoms with Crippen LogP contribution in [0.15, 0.2) is 28.7 Å². The summed E-state index contributed by atoms with van der Waals surface area (Å²) in [7, 11) is 0. The van der Waals surface area contributed by atoms with E-state index in [2.05, 4.69) is 25.9 Å². The maximum atomic E-state index is 15.2. The molecule has 0 aliphatic carbocycles. The molecular formula is C19H17BrClFN2O3. The number of carbonyl (C=O) groups is 1. The smallest absolute Gasteiger partial charge is 0.188 e. The minimum atomic E-state index is -0.554. The van der Waals surface area contributed by atoms with E-state index in [9.17, 15) is 4.79 Å². The third-order valence-corrected chi connectivity index (χ3v) is 4.93. The first-order chi connectivity index (χ1) is 12.9. The van der Waals surface area contributed by atoms with E-state index in [-0.39, 0.29) is 48.7 Å². The molecular weight excluding hydrogens is 439 g/mol. The molecule has 0 aliphatic heterocycles. The number of carbonyl (C=O) groups excluding carboxylic acids is 1. The molecule has 3 aromatic rings. The Balaban J connectivity index is 2.08. The number of fused-ring (bicyclic) bond motifs is 1. The number of nitrogens with one attached hydrogen (secondary N) is 1. The van der Waals surface area contributed by atoms with E-state index in [1.807, 2.05) is 6.07 Å². The van der Waals surface area contributed by atoms with Gasteiger partial charge in [-0.15, -0.1) is 0 Å². The molecule has 2 N–H and O–H groups in total. The van der Waals surface area contributed by atoms with Gasteiger partial charge >= 0.3 is 0 Å². The predicted octanol–water partition coefficient (Wildman–Crippen LogP) is 4.21. The molecule has 5 nitrogen and oxygen atoms in total. The number of nitrogens with zero attached hydrogens (tertiary/aromatic N) is 1. The van der Waals surface area contributed by atoms with Crippen molar-refractivity contribution in [3.8, 4) is 0 Å². The van der Waals surface area contributed by atoms with Gasteiger partial charge in [0.1, 0.15) is 17.9 Å². The lowest BCUT2D eigenvalue weighted by molar-refractivity contribution is 0.0663. The number of aryl methyl sites for hydroxylation is 1. The maximum absolute atomic E-state index is 15.2. The van der Waals surface area contributed by atoms with Crippen LogP contribution in [0.1, 0.15) is 27.3 Å². The predicted molar refractivity (Wildman–Crippen MR) is 105 cm³/mol. The second-order valence-corrected chi connectivity index (χ2v) is 7.37. The van der Waals surface area contributed by atoms with Gasteiger partial charge in [0, 0.05) is 27.0 Å². The van der Waals surface area contributed by atoms with Crippen molar-refractivity contribution in [2.24, 2.45) is 0 Å². The fourth-order valence-electron chi connectivity index (χ4n) is 2.86. The van der Waals surface area contributed by atoms with Gasteiger partial charge in [-0.3, -0.25) is 4.79 Å². The fourth-order valence-corrected chi connectivity index (χ4v) is 3.60. The van der Waals surface area contributed by atoms with Crippen molar-refractivity contribution >= 4 is 44.3 Å². The van der Waals surface area contributed by atoms with E-state index in [0.717, 1.165) is 4.47 Å². The van der Waals surface area contributed by atoms with Crippen molar-refractivity contribution in [2.45, 2.75) is 13.3 Å². The molecule has 1 heterocycles. The Labute approximate surface area is 168 Å². The SMILES string of the molecule is Cc1nc2c(F)c(Cc3ccc(Br)cc3Cl)c(C(=O)COCCO)cc2[nH]1. The quantitative estimate of drug-likeness (QED) is 0.413. The van der Waals surface area contributed by atoms with Crippen LogP contribution in [0, 0.1) is 12.7 Å². The van der Waals surface area contributed by atoms with E-state index in [1.165, 1.54) is 0 Å². The number of ether oxygens (including phenoxy) is 1. The monoisotopic (exact) mass is 454 g/mol. The summed E-state index contributed by atoms with van der Waals surface area (Å²) in [6, 6.07) is 6.90. The van der Waals surface area contributed by atoms with Crippen molar-refractivity contribution in [1.29, 1.82) is 0 Å². The minimum Gasteiger partial charge on any atom is -0.394 e. The average Bonchev–Trinajstić information content (AvgIpc) is 3.00. The number of imidazole rings is 1. The molecule has 0 bridgehead atoms. The standard InChI is InChI=1S/C19H17BrClFN2O3/c1-10-23-16-8-13(17(26)9-27-5-4-25)14(18(22)19(16)24-10)6-11-2-3-12(20)7-15(11)21/h2-3,7-8,25H,4-6,9H2,1H3,(H,23,24). The highest BCUT2D eigenvalue weighted by atomic mass is 79.9. The fraction of sp³-hybridized carbons (Fsp3) is 0.263. The van der Waals surface area contributed by atoms with Crippen LogP contribution in [0.3, 0.4) is 0 Å². The van der Waals surface area contributed by atoms with E-state index in [1.54, 1.807) is 25.1 Å². The number of benzene rings is 2. The Morgan fingerprint density at radius 1 is 1.41 bits per heavy atom. The lowest BCUT2D eigenvalue weighted by Gasteiger charge is -2.12.